The van der Waals surface area contributed by atoms with Gasteiger partial charge in [0.1, 0.15) is 11.6 Å². The second-order valence-electron chi connectivity index (χ2n) is 7.24. The highest BCUT2D eigenvalue weighted by atomic mass is 35.5. The van der Waals surface area contributed by atoms with Gasteiger partial charge in [-0.2, -0.15) is 0 Å². The number of hydrogen-bond donors (Lipinski definition) is 1. The van der Waals surface area contributed by atoms with Crippen LogP contribution in [0.4, 0.5) is 17.2 Å². The summed E-state index contributed by atoms with van der Waals surface area (Å²) in [7, 11) is 3.33. The smallest absolute Gasteiger partial charge is 0.340 e. The molecule has 3 aromatic rings. The van der Waals surface area contributed by atoms with Crippen molar-refractivity contribution in [1.29, 1.82) is 0 Å². The SMILES string of the molecule is COC(=O)c1ccncc1NC[C@@H]1CCOc2cc(N(C)c3ccc(Cl)cn3)ccc21. The van der Waals surface area contributed by atoms with Gasteiger partial charge in [-0.15, -0.1) is 0 Å². The van der Waals surface area contributed by atoms with Gasteiger partial charge in [-0.25, -0.2) is 9.78 Å². The van der Waals surface area contributed by atoms with Gasteiger partial charge < -0.3 is 19.7 Å². The van der Waals surface area contributed by atoms with Gasteiger partial charge in [0.25, 0.3) is 0 Å². The number of ether oxygens (including phenoxy) is 2. The van der Waals surface area contributed by atoms with Crippen LogP contribution < -0.4 is 15.0 Å². The Balaban J connectivity index is 1.51. The van der Waals surface area contributed by atoms with E-state index >= 15 is 0 Å². The number of pyridine rings is 2. The van der Waals surface area contributed by atoms with Crippen LogP contribution in [0.3, 0.4) is 0 Å². The van der Waals surface area contributed by atoms with E-state index in [1.54, 1.807) is 24.7 Å². The number of carbonyl (C=O) groups is 1. The summed E-state index contributed by atoms with van der Waals surface area (Å²) in [6.07, 6.45) is 5.73. The largest absolute Gasteiger partial charge is 0.493 e. The zero-order valence-electron chi connectivity index (χ0n) is 17.3. The van der Waals surface area contributed by atoms with E-state index in [1.807, 2.05) is 30.1 Å². The lowest BCUT2D eigenvalue weighted by molar-refractivity contribution is 0.0601. The summed E-state index contributed by atoms with van der Waals surface area (Å²) in [5.74, 6) is 1.50. The van der Waals surface area contributed by atoms with Crippen molar-refractivity contribution in [3.05, 3.63) is 71.1 Å². The van der Waals surface area contributed by atoms with Crippen LogP contribution >= 0.6 is 11.6 Å². The molecule has 1 atom stereocenters. The fourth-order valence-electron chi connectivity index (χ4n) is 3.63. The molecule has 8 heteroatoms. The maximum atomic E-state index is 12.0. The van der Waals surface area contributed by atoms with E-state index in [2.05, 4.69) is 27.4 Å². The lowest BCUT2D eigenvalue weighted by Gasteiger charge is -2.28. The second-order valence-corrected chi connectivity index (χ2v) is 7.68. The summed E-state index contributed by atoms with van der Waals surface area (Å²) in [5.41, 5.74) is 3.23. The van der Waals surface area contributed by atoms with Gasteiger partial charge in [0, 0.05) is 43.7 Å². The molecular weight excluding hydrogens is 416 g/mol. The summed E-state index contributed by atoms with van der Waals surface area (Å²) >= 11 is 5.95. The summed E-state index contributed by atoms with van der Waals surface area (Å²) < 4.78 is 10.8. The van der Waals surface area contributed by atoms with E-state index in [1.165, 1.54) is 7.11 Å². The summed E-state index contributed by atoms with van der Waals surface area (Å²) in [4.78, 5) is 22.5. The Labute approximate surface area is 186 Å². The first-order chi connectivity index (χ1) is 15.1. The van der Waals surface area contributed by atoms with Crippen LogP contribution in [0.25, 0.3) is 0 Å². The third-order valence-electron chi connectivity index (χ3n) is 5.37. The number of nitrogens with zero attached hydrogens (tertiary/aromatic N) is 3. The lowest BCUT2D eigenvalue weighted by atomic mass is 9.92. The fraction of sp³-hybridized carbons (Fsp3) is 0.261. The molecule has 0 bridgehead atoms. The van der Waals surface area contributed by atoms with E-state index in [4.69, 9.17) is 21.1 Å². The number of carbonyl (C=O) groups excluding carboxylic acids is 1. The van der Waals surface area contributed by atoms with Crippen molar-refractivity contribution in [2.75, 3.05) is 37.5 Å². The van der Waals surface area contributed by atoms with Gasteiger partial charge in [-0.3, -0.25) is 4.98 Å². The molecule has 0 saturated heterocycles. The number of aromatic nitrogens is 2. The van der Waals surface area contributed by atoms with Crippen LogP contribution in [0.2, 0.25) is 5.02 Å². The van der Waals surface area contributed by atoms with E-state index in [9.17, 15) is 4.79 Å². The maximum Gasteiger partial charge on any atom is 0.340 e. The molecule has 1 aromatic carbocycles. The average molecular weight is 439 g/mol. The first-order valence-electron chi connectivity index (χ1n) is 9.95. The van der Waals surface area contributed by atoms with E-state index < -0.39 is 0 Å². The van der Waals surface area contributed by atoms with Crippen LogP contribution in [0.1, 0.15) is 28.3 Å². The highest BCUT2D eigenvalue weighted by Crippen LogP contribution is 2.37. The Morgan fingerprint density at radius 2 is 2.16 bits per heavy atom. The Morgan fingerprint density at radius 1 is 1.29 bits per heavy atom. The molecule has 0 saturated carbocycles. The fourth-order valence-corrected chi connectivity index (χ4v) is 3.74. The molecule has 3 heterocycles. The molecule has 0 fully saturated rings. The Kier molecular flexibility index (Phi) is 6.23. The second kappa shape index (κ2) is 9.22. The molecule has 0 unspecified atom stereocenters. The summed E-state index contributed by atoms with van der Waals surface area (Å²) in [6, 6.07) is 11.5. The van der Waals surface area contributed by atoms with E-state index in [0.29, 0.717) is 29.4 Å². The quantitative estimate of drug-likeness (QED) is 0.560. The van der Waals surface area contributed by atoms with Crippen molar-refractivity contribution in [2.45, 2.75) is 12.3 Å². The van der Waals surface area contributed by atoms with E-state index in [-0.39, 0.29) is 11.9 Å². The third-order valence-corrected chi connectivity index (χ3v) is 5.59. The molecule has 1 aliphatic heterocycles. The van der Waals surface area contributed by atoms with Gasteiger partial charge in [0.05, 0.1) is 36.2 Å². The molecule has 160 valence electrons. The average Bonchev–Trinajstić information content (AvgIpc) is 2.82. The van der Waals surface area contributed by atoms with Crippen molar-refractivity contribution >= 4 is 34.8 Å². The Hall–Kier alpha value is -3.32. The minimum absolute atomic E-state index is 0.238. The van der Waals surface area contributed by atoms with Crippen molar-refractivity contribution < 1.29 is 14.3 Å². The van der Waals surface area contributed by atoms with Crippen molar-refractivity contribution in [3.63, 3.8) is 0 Å². The van der Waals surface area contributed by atoms with Crippen LogP contribution in [0, 0.1) is 0 Å². The third kappa shape index (κ3) is 4.56. The molecule has 4 rings (SSSR count). The predicted molar refractivity (Wildman–Crippen MR) is 121 cm³/mol. The Morgan fingerprint density at radius 3 is 2.94 bits per heavy atom. The molecule has 2 aromatic heterocycles. The number of esters is 1. The number of rotatable bonds is 6. The summed E-state index contributed by atoms with van der Waals surface area (Å²) in [6.45, 7) is 1.28. The molecular formula is C23H23ClN4O3. The number of fused-ring (bicyclic) bond motifs is 1. The first-order valence-corrected chi connectivity index (χ1v) is 10.3. The van der Waals surface area contributed by atoms with Crippen LogP contribution in [-0.4, -0.2) is 43.2 Å². The molecule has 0 aliphatic carbocycles. The number of hydrogen-bond acceptors (Lipinski definition) is 7. The number of benzene rings is 1. The van der Waals surface area contributed by atoms with Crippen molar-refractivity contribution in [1.82, 2.24) is 9.97 Å². The number of halogens is 1. The zero-order valence-corrected chi connectivity index (χ0v) is 18.1. The zero-order chi connectivity index (χ0) is 21.8. The topological polar surface area (TPSA) is 76.6 Å². The molecule has 1 aliphatic rings. The van der Waals surface area contributed by atoms with Crippen LogP contribution in [0.15, 0.2) is 55.0 Å². The van der Waals surface area contributed by atoms with Crippen LogP contribution in [-0.2, 0) is 4.74 Å². The van der Waals surface area contributed by atoms with Gasteiger partial charge in [-0.1, -0.05) is 17.7 Å². The van der Waals surface area contributed by atoms with Crippen LogP contribution in [0.5, 0.6) is 5.75 Å². The van der Waals surface area contributed by atoms with Gasteiger partial charge in [0.2, 0.25) is 0 Å². The molecule has 0 radical (unpaired) electrons. The minimum atomic E-state index is -0.388. The van der Waals surface area contributed by atoms with Gasteiger partial charge >= 0.3 is 5.97 Å². The van der Waals surface area contributed by atoms with E-state index in [0.717, 1.165) is 29.2 Å². The molecule has 0 spiro atoms. The normalized spacial score (nSPS) is 14.9. The lowest BCUT2D eigenvalue weighted by Crippen LogP contribution is -2.22. The molecule has 31 heavy (non-hydrogen) atoms. The number of methoxy groups -OCH3 is 1. The highest BCUT2D eigenvalue weighted by molar-refractivity contribution is 6.30. The van der Waals surface area contributed by atoms with Gasteiger partial charge in [0.15, 0.2) is 0 Å². The molecule has 0 amide bonds. The summed E-state index contributed by atoms with van der Waals surface area (Å²) in [5, 5.41) is 3.96. The highest BCUT2D eigenvalue weighted by Gasteiger charge is 2.23. The minimum Gasteiger partial charge on any atom is -0.493 e. The standard InChI is InChI=1S/C23H23ClN4O3/c1-28(22-6-3-16(24)13-27-22)17-4-5-18-15(8-10-31-21(18)11-17)12-26-20-14-25-9-7-19(20)23(29)30-2/h3-7,9,11,13-15,26H,8,10,12H2,1-2H3/t15-/m0/s1. The molecule has 1 N–H and O–H groups in total. The van der Waals surface area contributed by atoms with Gasteiger partial charge in [-0.05, 0) is 36.2 Å². The number of anilines is 3. The maximum absolute atomic E-state index is 12.0. The molecule has 7 nitrogen and oxygen atoms in total. The first kappa shape index (κ1) is 20.9. The Bertz CT molecular complexity index is 1070. The predicted octanol–water partition coefficient (Wildman–Crippen LogP) is 4.66. The van der Waals surface area contributed by atoms with Crippen molar-refractivity contribution in [3.8, 4) is 5.75 Å². The van der Waals surface area contributed by atoms with Crippen molar-refractivity contribution in [2.24, 2.45) is 0 Å². The monoisotopic (exact) mass is 438 g/mol. The number of nitrogens with one attached hydrogen (secondary N) is 1.